The van der Waals surface area contributed by atoms with Crippen LogP contribution in [-0.4, -0.2) is 11.2 Å². The quantitative estimate of drug-likeness (QED) is 0.516. The molecule has 0 bridgehead atoms. The van der Waals surface area contributed by atoms with Crippen LogP contribution < -0.4 is 0 Å². The Bertz CT molecular complexity index is 718. The Morgan fingerprint density at radius 1 is 1.00 bits per heavy atom. The molecule has 0 radical (unpaired) electrons. The SMILES string of the molecule is CC(C)(C)OP(=O)(Cc1ccc(C=C(C#N)C#N)cc1)OC(C)(C)C. The summed E-state index contributed by atoms with van der Waals surface area (Å²) in [6.07, 6.45) is 1.65. The number of nitriles is 2. The highest BCUT2D eigenvalue weighted by atomic mass is 31.2. The fourth-order valence-corrected chi connectivity index (χ4v) is 4.61. The zero-order chi connectivity index (χ0) is 19.3. The van der Waals surface area contributed by atoms with E-state index in [9.17, 15) is 4.57 Å². The van der Waals surface area contributed by atoms with Crippen molar-refractivity contribution in [1.29, 1.82) is 10.5 Å². The molecule has 134 valence electrons. The normalized spacial score (nSPS) is 12.2. The summed E-state index contributed by atoms with van der Waals surface area (Å²) in [5, 5.41) is 17.6. The molecule has 1 rings (SSSR count). The Balaban J connectivity index is 3.06. The van der Waals surface area contributed by atoms with Gasteiger partial charge in [-0.1, -0.05) is 24.3 Å². The molecule has 5 nitrogen and oxygen atoms in total. The van der Waals surface area contributed by atoms with Crippen LogP contribution in [0.4, 0.5) is 0 Å². The number of hydrogen-bond acceptors (Lipinski definition) is 5. The average Bonchev–Trinajstić information content (AvgIpc) is 2.42. The van der Waals surface area contributed by atoms with Crippen molar-refractivity contribution in [3.05, 3.63) is 41.0 Å². The van der Waals surface area contributed by atoms with Gasteiger partial charge >= 0.3 is 7.60 Å². The summed E-state index contributed by atoms with van der Waals surface area (Å²) < 4.78 is 24.8. The second kappa shape index (κ2) is 7.98. The molecule has 1 aromatic carbocycles. The van der Waals surface area contributed by atoms with Gasteiger partial charge in [-0.3, -0.25) is 4.57 Å². The van der Waals surface area contributed by atoms with Crippen molar-refractivity contribution in [2.75, 3.05) is 0 Å². The molecule has 0 aliphatic carbocycles. The zero-order valence-electron chi connectivity index (χ0n) is 15.7. The van der Waals surface area contributed by atoms with Gasteiger partial charge in [-0.05, 0) is 58.7 Å². The molecule has 0 saturated carbocycles. The number of hydrogen-bond donors (Lipinski definition) is 0. The second-order valence-corrected chi connectivity index (χ2v) is 9.60. The number of rotatable bonds is 5. The molecule has 1 aromatic rings. The van der Waals surface area contributed by atoms with Crippen LogP contribution in [0.2, 0.25) is 0 Å². The lowest BCUT2D eigenvalue weighted by Crippen LogP contribution is -2.24. The van der Waals surface area contributed by atoms with Gasteiger partial charge in [0.05, 0.1) is 17.4 Å². The summed E-state index contributed by atoms with van der Waals surface area (Å²) in [7, 11) is -3.36. The molecule has 0 N–H and O–H groups in total. The number of benzene rings is 1. The highest BCUT2D eigenvalue weighted by Crippen LogP contribution is 2.56. The van der Waals surface area contributed by atoms with Gasteiger partial charge in [-0.2, -0.15) is 10.5 Å². The molecule has 0 atom stereocenters. The molecular formula is C19H25N2O3P. The largest absolute Gasteiger partial charge is 0.336 e. The molecule has 0 unspecified atom stereocenters. The van der Waals surface area contributed by atoms with E-state index in [0.29, 0.717) is 0 Å². The predicted molar refractivity (Wildman–Crippen MR) is 98.6 cm³/mol. The van der Waals surface area contributed by atoms with E-state index in [0.717, 1.165) is 11.1 Å². The first kappa shape index (κ1) is 21.1. The maximum atomic E-state index is 13.2. The van der Waals surface area contributed by atoms with Crippen molar-refractivity contribution in [2.45, 2.75) is 58.9 Å². The van der Waals surface area contributed by atoms with Crippen molar-refractivity contribution >= 4 is 13.7 Å². The van der Waals surface area contributed by atoms with Crippen molar-refractivity contribution < 1.29 is 13.6 Å². The predicted octanol–water partition coefficient (Wildman–Crippen LogP) is 5.44. The molecule has 0 aliphatic heterocycles. The van der Waals surface area contributed by atoms with Crippen LogP contribution in [-0.2, 0) is 19.8 Å². The zero-order valence-corrected chi connectivity index (χ0v) is 16.6. The minimum Gasteiger partial charge on any atom is -0.303 e. The van der Waals surface area contributed by atoms with Crippen LogP contribution in [0.1, 0.15) is 52.7 Å². The van der Waals surface area contributed by atoms with E-state index in [1.807, 2.05) is 53.7 Å². The summed E-state index contributed by atoms with van der Waals surface area (Å²) in [6.45, 7) is 11.0. The molecule has 0 saturated heterocycles. The monoisotopic (exact) mass is 360 g/mol. The lowest BCUT2D eigenvalue weighted by molar-refractivity contribution is 0.0485. The van der Waals surface area contributed by atoms with E-state index in [1.165, 1.54) is 6.08 Å². The minimum atomic E-state index is -3.36. The van der Waals surface area contributed by atoms with Gasteiger partial charge in [-0.25, -0.2) is 0 Å². The van der Waals surface area contributed by atoms with Gasteiger partial charge in [0.1, 0.15) is 17.7 Å². The lowest BCUT2D eigenvalue weighted by atomic mass is 10.1. The number of allylic oxidation sites excluding steroid dienone is 1. The van der Waals surface area contributed by atoms with Crippen molar-refractivity contribution in [2.24, 2.45) is 0 Å². The van der Waals surface area contributed by atoms with E-state index >= 15 is 0 Å². The summed E-state index contributed by atoms with van der Waals surface area (Å²) >= 11 is 0. The van der Waals surface area contributed by atoms with E-state index in [-0.39, 0.29) is 11.7 Å². The molecule has 0 spiro atoms. The van der Waals surface area contributed by atoms with E-state index in [1.54, 1.807) is 24.3 Å². The Kier molecular flexibility index (Phi) is 6.75. The van der Waals surface area contributed by atoms with Gasteiger partial charge in [-0.15, -0.1) is 0 Å². The maximum Gasteiger partial charge on any atom is 0.336 e. The highest BCUT2D eigenvalue weighted by Gasteiger charge is 2.35. The van der Waals surface area contributed by atoms with E-state index in [4.69, 9.17) is 19.6 Å². The molecule has 0 fully saturated rings. The van der Waals surface area contributed by atoms with Gasteiger partial charge in [0, 0.05) is 0 Å². The molecular weight excluding hydrogens is 335 g/mol. The Labute approximate surface area is 150 Å². The third-order valence-corrected chi connectivity index (χ3v) is 5.14. The average molecular weight is 360 g/mol. The van der Waals surface area contributed by atoms with Gasteiger partial charge in [0.15, 0.2) is 0 Å². The molecule has 0 amide bonds. The second-order valence-electron chi connectivity index (χ2n) is 7.70. The van der Waals surface area contributed by atoms with Crippen molar-refractivity contribution in [3.8, 4) is 12.1 Å². The molecule has 25 heavy (non-hydrogen) atoms. The molecule has 0 aromatic heterocycles. The number of nitrogens with zero attached hydrogens (tertiary/aromatic N) is 2. The third-order valence-electron chi connectivity index (χ3n) is 2.73. The van der Waals surface area contributed by atoms with Crippen molar-refractivity contribution in [1.82, 2.24) is 0 Å². The van der Waals surface area contributed by atoms with Gasteiger partial charge in [0.2, 0.25) is 0 Å². The first-order valence-electron chi connectivity index (χ1n) is 7.97. The van der Waals surface area contributed by atoms with Gasteiger partial charge in [0.25, 0.3) is 0 Å². The van der Waals surface area contributed by atoms with Crippen LogP contribution in [0.5, 0.6) is 0 Å². The van der Waals surface area contributed by atoms with Crippen LogP contribution in [0.3, 0.4) is 0 Å². The first-order chi connectivity index (χ1) is 11.4. The van der Waals surface area contributed by atoms with Gasteiger partial charge < -0.3 is 9.05 Å². The fourth-order valence-electron chi connectivity index (χ4n) is 2.12. The Morgan fingerprint density at radius 2 is 1.44 bits per heavy atom. The summed E-state index contributed by atoms with van der Waals surface area (Å²) in [6, 6.07) is 10.8. The summed E-state index contributed by atoms with van der Waals surface area (Å²) in [4.78, 5) is 0. The van der Waals surface area contributed by atoms with Crippen LogP contribution in [0.25, 0.3) is 6.08 Å². The van der Waals surface area contributed by atoms with E-state index < -0.39 is 18.8 Å². The molecule has 0 aliphatic rings. The smallest absolute Gasteiger partial charge is 0.303 e. The first-order valence-corrected chi connectivity index (χ1v) is 9.70. The van der Waals surface area contributed by atoms with E-state index in [2.05, 4.69) is 0 Å². The minimum absolute atomic E-state index is 0.0329. The molecule has 0 heterocycles. The highest BCUT2D eigenvalue weighted by molar-refractivity contribution is 7.53. The summed E-state index contributed by atoms with van der Waals surface area (Å²) in [5.41, 5.74) is 0.357. The van der Waals surface area contributed by atoms with Crippen LogP contribution in [0.15, 0.2) is 29.8 Å². The lowest BCUT2D eigenvalue weighted by Gasteiger charge is -2.32. The van der Waals surface area contributed by atoms with Crippen LogP contribution in [0, 0.1) is 22.7 Å². The maximum absolute atomic E-state index is 13.2. The Morgan fingerprint density at radius 3 is 1.80 bits per heavy atom. The third kappa shape index (κ3) is 8.14. The topological polar surface area (TPSA) is 83.1 Å². The molecule has 6 heteroatoms. The van der Waals surface area contributed by atoms with Crippen molar-refractivity contribution in [3.63, 3.8) is 0 Å². The standard InChI is InChI=1S/C19H25N2O3P/c1-18(2,3)23-25(22,24-19(4,5)6)14-16-9-7-15(8-10-16)11-17(12-20)13-21/h7-11H,14H2,1-6H3. The van der Waals surface area contributed by atoms with Crippen LogP contribution >= 0.6 is 7.60 Å². The fraction of sp³-hybridized carbons (Fsp3) is 0.474. The Hall–Kier alpha value is -1.91. The summed E-state index contributed by atoms with van der Waals surface area (Å²) in [5.74, 6) is 0.